The summed E-state index contributed by atoms with van der Waals surface area (Å²) in [5.41, 5.74) is 3.12. The van der Waals surface area contributed by atoms with E-state index in [4.69, 9.17) is 25.8 Å². The molecule has 0 bridgehead atoms. The lowest BCUT2D eigenvalue weighted by molar-refractivity contribution is -0.111. The van der Waals surface area contributed by atoms with Crippen molar-refractivity contribution in [1.82, 2.24) is 0 Å². The summed E-state index contributed by atoms with van der Waals surface area (Å²) in [5, 5.41) is 3.77. The predicted octanol–water partition coefficient (Wildman–Crippen LogP) is 7.54. The lowest BCUT2D eigenvalue weighted by Gasteiger charge is -2.11. The highest BCUT2D eigenvalue weighted by molar-refractivity contribution is 7.17. The van der Waals surface area contributed by atoms with Crippen molar-refractivity contribution in [2.75, 3.05) is 19.5 Å². The van der Waals surface area contributed by atoms with Gasteiger partial charge in [-0.15, -0.1) is 11.3 Å². The van der Waals surface area contributed by atoms with Crippen molar-refractivity contribution in [2.45, 2.75) is 13.5 Å². The number of rotatable bonds is 9. The van der Waals surface area contributed by atoms with Crippen LogP contribution in [0.15, 0.2) is 72.8 Å². The number of carbonyl (C=O) groups excluding carboxylic acids is 2. The van der Waals surface area contributed by atoms with Gasteiger partial charge in [-0.2, -0.15) is 0 Å². The Morgan fingerprint density at radius 2 is 1.72 bits per heavy atom. The van der Waals surface area contributed by atoms with E-state index in [-0.39, 0.29) is 11.4 Å². The molecule has 1 heterocycles. The number of benzene rings is 3. The van der Waals surface area contributed by atoms with Crippen LogP contribution in [0.2, 0.25) is 5.02 Å². The maximum Gasteiger partial charge on any atom is 0.341 e. The average molecular weight is 566 g/mol. The molecule has 0 spiro atoms. The molecule has 0 atom stereocenters. The standard InChI is InChI=1S/C30H25ClFNO5S/c1-18-27(21-8-12-23(32)13-9-21)28(30(35)37-3)29(39-18)33-26(34)15-7-19-6-14-24(25(16-19)36-2)38-17-20-4-10-22(31)11-5-20/h4-16H,17H2,1-3H3,(H,33,34)/b15-7+. The average Bonchev–Trinajstić information content (AvgIpc) is 3.26. The number of aryl methyl sites for hydroxylation is 1. The number of hydrogen-bond acceptors (Lipinski definition) is 6. The number of amides is 1. The summed E-state index contributed by atoms with van der Waals surface area (Å²) >= 11 is 7.17. The van der Waals surface area contributed by atoms with Gasteiger partial charge in [0.25, 0.3) is 0 Å². The van der Waals surface area contributed by atoms with Gasteiger partial charge < -0.3 is 19.5 Å². The predicted molar refractivity (Wildman–Crippen MR) is 152 cm³/mol. The minimum atomic E-state index is -0.600. The third kappa shape index (κ3) is 6.85. The molecule has 0 aliphatic heterocycles. The third-order valence-corrected chi connectivity index (χ3v) is 7.04. The molecule has 6 nitrogen and oxygen atoms in total. The van der Waals surface area contributed by atoms with E-state index < -0.39 is 11.9 Å². The van der Waals surface area contributed by atoms with Crippen LogP contribution in [-0.4, -0.2) is 26.1 Å². The fourth-order valence-electron chi connectivity index (χ4n) is 3.87. The SMILES string of the molecule is COC(=O)c1c(NC(=O)/C=C/c2ccc(OCc3ccc(Cl)cc3)c(OC)c2)sc(C)c1-c1ccc(F)cc1. The molecule has 9 heteroatoms. The third-order valence-electron chi connectivity index (χ3n) is 5.77. The van der Waals surface area contributed by atoms with Crippen molar-refractivity contribution in [3.05, 3.63) is 105 Å². The molecule has 0 radical (unpaired) electrons. The van der Waals surface area contributed by atoms with E-state index in [9.17, 15) is 14.0 Å². The van der Waals surface area contributed by atoms with Crippen LogP contribution in [0.1, 0.15) is 26.4 Å². The van der Waals surface area contributed by atoms with E-state index in [0.717, 1.165) is 10.4 Å². The minimum Gasteiger partial charge on any atom is -0.493 e. The van der Waals surface area contributed by atoms with Crippen LogP contribution >= 0.6 is 22.9 Å². The topological polar surface area (TPSA) is 73.9 Å². The molecule has 0 fully saturated rings. The summed E-state index contributed by atoms with van der Waals surface area (Å²) in [7, 11) is 2.81. The molecule has 1 amide bonds. The number of hydrogen-bond donors (Lipinski definition) is 1. The van der Waals surface area contributed by atoms with Gasteiger partial charge in [0, 0.05) is 21.5 Å². The van der Waals surface area contributed by atoms with Crippen LogP contribution in [0.4, 0.5) is 9.39 Å². The number of ether oxygens (including phenoxy) is 3. The van der Waals surface area contributed by atoms with Crippen LogP contribution in [0, 0.1) is 12.7 Å². The number of carbonyl (C=O) groups is 2. The number of nitrogens with one attached hydrogen (secondary N) is 1. The zero-order valence-electron chi connectivity index (χ0n) is 21.4. The van der Waals surface area contributed by atoms with Gasteiger partial charge in [0.05, 0.1) is 14.2 Å². The molecule has 0 saturated carbocycles. The van der Waals surface area contributed by atoms with E-state index in [1.54, 1.807) is 48.5 Å². The molecule has 0 saturated heterocycles. The van der Waals surface area contributed by atoms with E-state index in [1.165, 1.54) is 43.8 Å². The van der Waals surface area contributed by atoms with Gasteiger partial charge in [-0.3, -0.25) is 4.79 Å². The van der Waals surface area contributed by atoms with Crippen molar-refractivity contribution < 1.29 is 28.2 Å². The van der Waals surface area contributed by atoms with Gasteiger partial charge >= 0.3 is 5.97 Å². The molecule has 0 aliphatic rings. The largest absolute Gasteiger partial charge is 0.493 e. The molecule has 3 aromatic carbocycles. The first-order chi connectivity index (χ1) is 18.8. The molecule has 1 N–H and O–H groups in total. The maximum absolute atomic E-state index is 13.4. The molecule has 0 aliphatic carbocycles. The van der Waals surface area contributed by atoms with E-state index in [2.05, 4.69) is 5.32 Å². The Bertz CT molecular complexity index is 1510. The molecule has 39 heavy (non-hydrogen) atoms. The van der Waals surface area contributed by atoms with Crippen LogP contribution in [0.5, 0.6) is 11.5 Å². The molecular formula is C30H25ClFNO5S. The Balaban J connectivity index is 1.50. The van der Waals surface area contributed by atoms with Gasteiger partial charge in [0.15, 0.2) is 11.5 Å². The first-order valence-electron chi connectivity index (χ1n) is 11.8. The zero-order chi connectivity index (χ0) is 27.9. The van der Waals surface area contributed by atoms with Crippen molar-refractivity contribution in [2.24, 2.45) is 0 Å². The second-order valence-electron chi connectivity index (χ2n) is 8.38. The van der Waals surface area contributed by atoms with E-state index in [0.29, 0.717) is 44.8 Å². The van der Waals surface area contributed by atoms with Gasteiger partial charge in [-0.25, -0.2) is 9.18 Å². The fourth-order valence-corrected chi connectivity index (χ4v) is 5.06. The van der Waals surface area contributed by atoms with Crippen molar-refractivity contribution in [3.8, 4) is 22.6 Å². The highest BCUT2D eigenvalue weighted by Gasteiger charge is 2.24. The fraction of sp³-hybridized carbons (Fsp3) is 0.133. The Hall–Kier alpha value is -4.14. The lowest BCUT2D eigenvalue weighted by Crippen LogP contribution is -2.11. The number of esters is 1. The van der Waals surface area contributed by atoms with Crippen LogP contribution in [0.25, 0.3) is 17.2 Å². The summed E-state index contributed by atoms with van der Waals surface area (Å²) in [6.45, 7) is 2.16. The smallest absolute Gasteiger partial charge is 0.341 e. The normalized spacial score (nSPS) is 10.9. The highest BCUT2D eigenvalue weighted by Crippen LogP contribution is 2.40. The molecule has 0 unspecified atom stereocenters. The molecular weight excluding hydrogens is 541 g/mol. The van der Waals surface area contributed by atoms with Gasteiger partial charge in [-0.1, -0.05) is 41.9 Å². The summed E-state index contributed by atoms with van der Waals surface area (Å²) < 4.78 is 29.8. The summed E-state index contributed by atoms with van der Waals surface area (Å²) in [6, 6.07) is 18.5. The minimum absolute atomic E-state index is 0.220. The summed E-state index contributed by atoms with van der Waals surface area (Å²) in [5.74, 6) is -0.356. The van der Waals surface area contributed by atoms with E-state index >= 15 is 0 Å². The first kappa shape index (κ1) is 27.9. The van der Waals surface area contributed by atoms with Gasteiger partial charge in [0.1, 0.15) is 23.0 Å². The summed E-state index contributed by atoms with van der Waals surface area (Å²) in [6.07, 6.45) is 2.98. The first-order valence-corrected chi connectivity index (χ1v) is 13.0. The molecule has 1 aromatic heterocycles. The molecule has 4 rings (SSSR count). The lowest BCUT2D eigenvalue weighted by atomic mass is 10.0. The Labute approximate surface area is 234 Å². The van der Waals surface area contributed by atoms with Crippen LogP contribution in [0.3, 0.4) is 0 Å². The summed E-state index contributed by atoms with van der Waals surface area (Å²) in [4.78, 5) is 26.2. The quantitative estimate of drug-likeness (QED) is 0.168. The molecule has 4 aromatic rings. The van der Waals surface area contributed by atoms with Crippen molar-refractivity contribution in [1.29, 1.82) is 0 Å². The number of methoxy groups -OCH3 is 2. The van der Waals surface area contributed by atoms with Crippen LogP contribution in [-0.2, 0) is 16.1 Å². The van der Waals surface area contributed by atoms with Gasteiger partial charge in [-0.05, 0) is 66.1 Å². The van der Waals surface area contributed by atoms with Crippen molar-refractivity contribution in [3.63, 3.8) is 0 Å². The monoisotopic (exact) mass is 565 g/mol. The highest BCUT2D eigenvalue weighted by atomic mass is 35.5. The number of anilines is 1. The Morgan fingerprint density at radius 1 is 1.00 bits per heavy atom. The van der Waals surface area contributed by atoms with E-state index in [1.807, 2.05) is 19.1 Å². The van der Waals surface area contributed by atoms with Crippen LogP contribution < -0.4 is 14.8 Å². The maximum atomic E-state index is 13.4. The second kappa shape index (κ2) is 12.6. The zero-order valence-corrected chi connectivity index (χ0v) is 23.0. The Morgan fingerprint density at radius 3 is 2.38 bits per heavy atom. The van der Waals surface area contributed by atoms with Gasteiger partial charge in [0.2, 0.25) is 5.91 Å². The molecule has 200 valence electrons. The van der Waals surface area contributed by atoms with Crippen molar-refractivity contribution >= 4 is 45.9 Å². The second-order valence-corrected chi connectivity index (χ2v) is 10.0. The number of halogens is 2. The Kier molecular flexibility index (Phi) is 9.01. The number of thiophene rings is 1.